The van der Waals surface area contributed by atoms with Crippen LogP contribution in [0.2, 0.25) is 0 Å². The number of methoxy groups -OCH3 is 2. The van der Waals surface area contributed by atoms with E-state index in [2.05, 4.69) is 22.3 Å². The van der Waals surface area contributed by atoms with E-state index in [1.165, 1.54) is 18.1 Å². The minimum Gasteiger partial charge on any atom is -0.493 e. The van der Waals surface area contributed by atoms with Gasteiger partial charge in [0.1, 0.15) is 0 Å². The monoisotopic (exact) mass is 532 g/mol. The third-order valence-corrected chi connectivity index (χ3v) is 7.38. The number of carbonyl (C=O) groups is 1. The van der Waals surface area contributed by atoms with Crippen LogP contribution in [-0.4, -0.2) is 49.3 Å². The summed E-state index contributed by atoms with van der Waals surface area (Å²) in [4.78, 5) is 13.9. The molecule has 0 aliphatic carbocycles. The van der Waals surface area contributed by atoms with Gasteiger partial charge in [-0.25, -0.2) is 0 Å². The molecule has 0 bridgehead atoms. The van der Waals surface area contributed by atoms with Crippen molar-refractivity contribution in [1.82, 2.24) is 4.90 Å². The van der Waals surface area contributed by atoms with Gasteiger partial charge in [0.2, 0.25) is 5.91 Å². The molecule has 1 saturated heterocycles. The standard InChI is InChI=1S/C31H36N2O6/c1-20(35)32-26-10-8-23(9-11-26)31-38-27(16-28(39-31)22-6-4-21(19-34)5-7-22)18-33-13-12-24-14-29(36-2)30(37-3)15-25(24)17-33/h4-11,14-15,27-28,31,34H,12-13,16-19H2,1-3H3,(H,32,35)/t27-,28+,31+/m1/s1. The second-order valence-electron chi connectivity index (χ2n) is 10.1. The van der Waals surface area contributed by atoms with Crippen LogP contribution in [0.4, 0.5) is 5.69 Å². The molecule has 1 fully saturated rings. The van der Waals surface area contributed by atoms with Gasteiger partial charge in [-0.3, -0.25) is 9.69 Å². The quantitative estimate of drug-likeness (QED) is 0.433. The highest BCUT2D eigenvalue weighted by atomic mass is 16.7. The van der Waals surface area contributed by atoms with Crippen LogP contribution in [-0.2, 0) is 33.8 Å². The Kier molecular flexibility index (Phi) is 8.47. The number of hydrogen-bond donors (Lipinski definition) is 2. The summed E-state index contributed by atoms with van der Waals surface area (Å²) in [5.74, 6) is 1.40. The van der Waals surface area contributed by atoms with E-state index in [0.29, 0.717) is 6.42 Å². The molecular weight excluding hydrogens is 496 g/mol. The number of ether oxygens (including phenoxy) is 4. The Hall–Kier alpha value is -3.43. The van der Waals surface area contributed by atoms with Gasteiger partial charge in [0.05, 0.1) is 33.0 Å². The maximum atomic E-state index is 11.4. The van der Waals surface area contributed by atoms with Crippen molar-refractivity contribution in [2.45, 2.75) is 51.4 Å². The van der Waals surface area contributed by atoms with Crippen LogP contribution in [0.15, 0.2) is 60.7 Å². The number of fused-ring (bicyclic) bond motifs is 1. The maximum absolute atomic E-state index is 11.4. The molecule has 2 aliphatic heterocycles. The summed E-state index contributed by atoms with van der Waals surface area (Å²) in [6.07, 6.45) is 0.896. The zero-order valence-corrected chi connectivity index (χ0v) is 22.7. The van der Waals surface area contributed by atoms with E-state index in [0.717, 1.165) is 59.9 Å². The first kappa shape index (κ1) is 27.1. The molecule has 8 nitrogen and oxygen atoms in total. The molecule has 39 heavy (non-hydrogen) atoms. The van der Waals surface area contributed by atoms with E-state index in [4.69, 9.17) is 18.9 Å². The van der Waals surface area contributed by atoms with Crippen LogP contribution in [0.25, 0.3) is 0 Å². The second kappa shape index (κ2) is 12.2. The van der Waals surface area contributed by atoms with Crippen molar-refractivity contribution in [3.8, 4) is 11.5 Å². The normalized spacial score (nSPS) is 21.2. The number of benzene rings is 3. The average Bonchev–Trinajstić information content (AvgIpc) is 2.96. The van der Waals surface area contributed by atoms with Crippen LogP contribution in [0.3, 0.4) is 0 Å². The number of nitrogens with one attached hydrogen (secondary N) is 1. The average molecular weight is 533 g/mol. The van der Waals surface area contributed by atoms with Crippen molar-refractivity contribution >= 4 is 11.6 Å². The van der Waals surface area contributed by atoms with Crippen LogP contribution in [0, 0.1) is 0 Å². The third-order valence-electron chi connectivity index (χ3n) is 7.38. The molecule has 2 N–H and O–H groups in total. The van der Waals surface area contributed by atoms with E-state index in [1.807, 2.05) is 48.5 Å². The summed E-state index contributed by atoms with van der Waals surface area (Å²) in [6.45, 7) is 4.00. The summed E-state index contributed by atoms with van der Waals surface area (Å²) >= 11 is 0. The molecule has 1 amide bonds. The molecule has 206 valence electrons. The van der Waals surface area contributed by atoms with E-state index >= 15 is 0 Å². The molecule has 0 spiro atoms. The number of anilines is 1. The molecule has 0 aromatic heterocycles. The van der Waals surface area contributed by atoms with Crippen LogP contribution in [0.5, 0.6) is 11.5 Å². The Morgan fingerprint density at radius 3 is 2.28 bits per heavy atom. The summed E-state index contributed by atoms with van der Waals surface area (Å²) in [7, 11) is 3.33. The van der Waals surface area contributed by atoms with Gasteiger partial charge in [-0.05, 0) is 52.9 Å². The van der Waals surface area contributed by atoms with Crippen molar-refractivity contribution < 1.29 is 28.8 Å². The molecular formula is C31H36N2O6. The van der Waals surface area contributed by atoms with E-state index in [1.54, 1.807) is 14.2 Å². The fraction of sp³-hybridized carbons (Fsp3) is 0.387. The van der Waals surface area contributed by atoms with Gasteiger partial charge in [0.15, 0.2) is 17.8 Å². The van der Waals surface area contributed by atoms with Gasteiger partial charge in [0.25, 0.3) is 0 Å². The van der Waals surface area contributed by atoms with Gasteiger partial charge < -0.3 is 29.4 Å². The van der Waals surface area contributed by atoms with Crippen molar-refractivity contribution in [2.24, 2.45) is 0 Å². The van der Waals surface area contributed by atoms with E-state index < -0.39 is 6.29 Å². The molecule has 2 aliphatic rings. The number of rotatable bonds is 8. The van der Waals surface area contributed by atoms with Gasteiger partial charge in [-0.2, -0.15) is 0 Å². The highest BCUT2D eigenvalue weighted by molar-refractivity contribution is 5.88. The van der Waals surface area contributed by atoms with Crippen molar-refractivity contribution in [1.29, 1.82) is 0 Å². The first-order valence-corrected chi connectivity index (χ1v) is 13.3. The molecule has 3 atom stereocenters. The fourth-order valence-corrected chi connectivity index (χ4v) is 5.35. The number of hydrogen-bond acceptors (Lipinski definition) is 7. The first-order chi connectivity index (χ1) is 18.9. The van der Waals surface area contributed by atoms with Crippen LogP contribution < -0.4 is 14.8 Å². The number of nitrogens with zero attached hydrogens (tertiary/aromatic N) is 1. The molecule has 3 aromatic rings. The van der Waals surface area contributed by atoms with Gasteiger partial charge in [-0.15, -0.1) is 0 Å². The zero-order chi connectivity index (χ0) is 27.4. The predicted octanol–water partition coefficient (Wildman–Crippen LogP) is 4.76. The smallest absolute Gasteiger partial charge is 0.221 e. The Bertz CT molecular complexity index is 1280. The topological polar surface area (TPSA) is 89.5 Å². The maximum Gasteiger partial charge on any atom is 0.221 e. The van der Waals surface area contributed by atoms with Crippen LogP contribution >= 0.6 is 0 Å². The Balaban J connectivity index is 1.34. The molecule has 8 heteroatoms. The predicted molar refractivity (Wildman–Crippen MR) is 148 cm³/mol. The lowest BCUT2D eigenvalue weighted by atomic mass is 9.97. The van der Waals surface area contributed by atoms with E-state index in [-0.39, 0.29) is 24.7 Å². The second-order valence-corrected chi connectivity index (χ2v) is 10.1. The molecule has 0 unspecified atom stereocenters. The molecule has 5 rings (SSSR count). The minimum atomic E-state index is -0.543. The molecule has 2 heterocycles. The highest BCUT2D eigenvalue weighted by Gasteiger charge is 2.34. The van der Waals surface area contributed by atoms with Crippen molar-refractivity contribution in [3.63, 3.8) is 0 Å². The fourth-order valence-electron chi connectivity index (χ4n) is 5.35. The SMILES string of the molecule is COc1cc2c(cc1OC)CN(C[C@H]1C[C@@H](c3ccc(CO)cc3)O[C@@H](c3ccc(NC(C)=O)cc3)O1)CC2. The first-order valence-electron chi connectivity index (χ1n) is 13.3. The Morgan fingerprint density at radius 2 is 1.64 bits per heavy atom. The molecule has 3 aromatic carbocycles. The number of carbonyl (C=O) groups excluding carboxylic acids is 1. The number of aliphatic hydroxyl groups excluding tert-OH is 1. The molecule has 0 radical (unpaired) electrons. The van der Waals surface area contributed by atoms with Gasteiger partial charge in [0, 0.05) is 44.2 Å². The van der Waals surface area contributed by atoms with Crippen LogP contribution in [0.1, 0.15) is 53.6 Å². The Labute approximate surface area is 229 Å². The summed E-state index contributed by atoms with van der Waals surface area (Å²) in [6, 6.07) is 19.7. The summed E-state index contributed by atoms with van der Waals surface area (Å²) in [5, 5.41) is 12.3. The van der Waals surface area contributed by atoms with Crippen molar-refractivity contribution in [2.75, 3.05) is 32.6 Å². The number of aliphatic hydroxyl groups is 1. The van der Waals surface area contributed by atoms with E-state index in [9.17, 15) is 9.90 Å². The minimum absolute atomic E-state index is 0.00784. The Morgan fingerprint density at radius 1 is 0.974 bits per heavy atom. The third kappa shape index (κ3) is 6.42. The largest absolute Gasteiger partial charge is 0.493 e. The lowest BCUT2D eigenvalue weighted by molar-refractivity contribution is -0.253. The number of amides is 1. The summed E-state index contributed by atoms with van der Waals surface area (Å²) < 4.78 is 24.0. The van der Waals surface area contributed by atoms with Gasteiger partial charge >= 0.3 is 0 Å². The summed E-state index contributed by atoms with van der Waals surface area (Å²) in [5.41, 5.74) is 6.08. The molecule has 0 saturated carbocycles. The van der Waals surface area contributed by atoms with Gasteiger partial charge in [-0.1, -0.05) is 36.4 Å². The lowest BCUT2D eigenvalue weighted by Crippen LogP contribution is -2.41. The van der Waals surface area contributed by atoms with Crippen molar-refractivity contribution in [3.05, 3.63) is 88.5 Å². The zero-order valence-electron chi connectivity index (χ0n) is 22.7. The highest BCUT2D eigenvalue weighted by Crippen LogP contribution is 2.39. The lowest BCUT2D eigenvalue weighted by Gasteiger charge is -2.39.